The lowest BCUT2D eigenvalue weighted by Crippen LogP contribution is -2.33. The number of hydrogen-bond acceptors (Lipinski definition) is 3. The molecular formula is C15H21NO2. The topological polar surface area (TPSA) is 29.5 Å². The molecule has 1 aromatic rings. The highest BCUT2D eigenvalue weighted by Gasteiger charge is 2.20. The van der Waals surface area contributed by atoms with E-state index in [0.717, 1.165) is 23.8 Å². The molecule has 0 heterocycles. The molecule has 2 rings (SSSR count). The van der Waals surface area contributed by atoms with Crippen molar-refractivity contribution >= 4 is 5.78 Å². The molecule has 0 N–H and O–H groups in total. The Hall–Kier alpha value is -1.35. The maximum atomic E-state index is 12.1. The summed E-state index contributed by atoms with van der Waals surface area (Å²) < 4.78 is 5.08. The lowest BCUT2D eigenvalue weighted by molar-refractivity contribution is 0.0925. The first kappa shape index (κ1) is 13.1. The molecule has 1 fully saturated rings. The summed E-state index contributed by atoms with van der Waals surface area (Å²) in [4.78, 5) is 14.2. The molecule has 1 aliphatic rings. The second-order valence-corrected chi connectivity index (χ2v) is 5.15. The fourth-order valence-corrected chi connectivity index (χ4v) is 2.29. The fourth-order valence-electron chi connectivity index (χ4n) is 2.29. The van der Waals surface area contributed by atoms with E-state index in [1.807, 2.05) is 31.3 Å². The van der Waals surface area contributed by atoms with Crippen LogP contribution in [0.25, 0.3) is 0 Å². The Labute approximate surface area is 109 Å². The SMILES string of the molecule is COc1ccc(C(=O)CN(C)CC2CCC2)cc1. The number of rotatable bonds is 6. The number of Topliss-reactive ketones (excluding diaryl/α,β-unsaturated/α-hetero) is 1. The molecule has 3 heteroatoms. The van der Waals surface area contributed by atoms with E-state index >= 15 is 0 Å². The van der Waals surface area contributed by atoms with E-state index in [-0.39, 0.29) is 5.78 Å². The Balaban J connectivity index is 1.85. The Bertz CT molecular complexity index is 395. The molecular weight excluding hydrogens is 226 g/mol. The van der Waals surface area contributed by atoms with Crippen LogP contribution < -0.4 is 4.74 Å². The first-order valence-corrected chi connectivity index (χ1v) is 6.55. The van der Waals surface area contributed by atoms with Crippen LogP contribution in [0.5, 0.6) is 5.75 Å². The number of hydrogen-bond donors (Lipinski definition) is 0. The normalized spacial score (nSPS) is 15.5. The van der Waals surface area contributed by atoms with E-state index in [9.17, 15) is 4.79 Å². The smallest absolute Gasteiger partial charge is 0.176 e. The number of nitrogens with zero attached hydrogens (tertiary/aromatic N) is 1. The van der Waals surface area contributed by atoms with E-state index in [0.29, 0.717) is 6.54 Å². The zero-order chi connectivity index (χ0) is 13.0. The van der Waals surface area contributed by atoms with Crippen molar-refractivity contribution < 1.29 is 9.53 Å². The van der Waals surface area contributed by atoms with Crippen LogP contribution in [0.15, 0.2) is 24.3 Å². The zero-order valence-electron chi connectivity index (χ0n) is 11.2. The molecule has 0 amide bonds. The molecule has 0 unspecified atom stereocenters. The second-order valence-electron chi connectivity index (χ2n) is 5.15. The summed E-state index contributed by atoms with van der Waals surface area (Å²) in [5.41, 5.74) is 0.760. The fraction of sp³-hybridized carbons (Fsp3) is 0.533. The summed E-state index contributed by atoms with van der Waals surface area (Å²) in [6.45, 7) is 1.55. The highest BCUT2D eigenvalue weighted by molar-refractivity contribution is 5.97. The lowest BCUT2D eigenvalue weighted by atomic mass is 9.85. The molecule has 0 bridgehead atoms. The van der Waals surface area contributed by atoms with E-state index in [4.69, 9.17) is 4.74 Å². The Morgan fingerprint density at radius 2 is 2.00 bits per heavy atom. The molecule has 98 valence electrons. The van der Waals surface area contributed by atoms with Crippen molar-refractivity contribution in [3.63, 3.8) is 0 Å². The maximum Gasteiger partial charge on any atom is 0.176 e. The first-order chi connectivity index (χ1) is 8.69. The van der Waals surface area contributed by atoms with E-state index in [2.05, 4.69) is 4.90 Å². The van der Waals surface area contributed by atoms with Gasteiger partial charge in [0.2, 0.25) is 0 Å². The van der Waals surface area contributed by atoms with Crippen molar-refractivity contribution in [3.05, 3.63) is 29.8 Å². The monoisotopic (exact) mass is 247 g/mol. The van der Waals surface area contributed by atoms with E-state index in [1.54, 1.807) is 7.11 Å². The van der Waals surface area contributed by atoms with Gasteiger partial charge in [0.05, 0.1) is 13.7 Å². The van der Waals surface area contributed by atoms with Gasteiger partial charge in [-0.3, -0.25) is 9.69 Å². The summed E-state index contributed by atoms with van der Waals surface area (Å²) in [5.74, 6) is 1.77. The molecule has 1 saturated carbocycles. The van der Waals surface area contributed by atoms with Gasteiger partial charge in [0.15, 0.2) is 5.78 Å². The molecule has 0 saturated heterocycles. The van der Waals surface area contributed by atoms with E-state index in [1.165, 1.54) is 19.3 Å². The van der Waals surface area contributed by atoms with Crippen LogP contribution in [0.1, 0.15) is 29.6 Å². The van der Waals surface area contributed by atoms with Crippen molar-refractivity contribution in [3.8, 4) is 5.75 Å². The predicted molar refractivity (Wildman–Crippen MR) is 72.2 cm³/mol. The van der Waals surface area contributed by atoms with Gasteiger partial charge in [-0.05, 0) is 50.1 Å². The minimum Gasteiger partial charge on any atom is -0.497 e. The predicted octanol–water partition coefficient (Wildman–Crippen LogP) is 2.61. The van der Waals surface area contributed by atoms with Crippen molar-refractivity contribution in [2.24, 2.45) is 5.92 Å². The molecule has 0 atom stereocenters. The molecule has 1 aromatic carbocycles. The van der Waals surface area contributed by atoms with Crippen LogP contribution in [0.4, 0.5) is 0 Å². The van der Waals surface area contributed by atoms with Crippen molar-refractivity contribution in [2.45, 2.75) is 19.3 Å². The second kappa shape index (κ2) is 6.01. The number of benzene rings is 1. The molecule has 0 aromatic heterocycles. The van der Waals surface area contributed by atoms with Gasteiger partial charge in [-0.15, -0.1) is 0 Å². The van der Waals surface area contributed by atoms with Gasteiger partial charge < -0.3 is 4.74 Å². The Morgan fingerprint density at radius 1 is 1.33 bits per heavy atom. The third-order valence-corrected chi connectivity index (χ3v) is 3.62. The standard InChI is InChI=1S/C15H21NO2/c1-16(10-12-4-3-5-12)11-15(17)13-6-8-14(18-2)9-7-13/h6-9,12H,3-5,10-11H2,1-2H3. The zero-order valence-corrected chi connectivity index (χ0v) is 11.2. The van der Waals surface area contributed by atoms with Gasteiger partial charge in [0.25, 0.3) is 0 Å². The Morgan fingerprint density at radius 3 is 2.50 bits per heavy atom. The number of ether oxygens (including phenoxy) is 1. The highest BCUT2D eigenvalue weighted by atomic mass is 16.5. The van der Waals surface area contributed by atoms with Crippen molar-refractivity contribution in [1.29, 1.82) is 0 Å². The molecule has 0 spiro atoms. The first-order valence-electron chi connectivity index (χ1n) is 6.55. The van der Waals surface area contributed by atoms with Crippen molar-refractivity contribution in [2.75, 3.05) is 27.2 Å². The largest absolute Gasteiger partial charge is 0.497 e. The summed E-state index contributed by atoms with van der Waals surface area (Å²) in [5, 5.41) is 0. The number of likely N-dealkylation sites (N-methyl/N-ethyl adjacent to an activating group) is 1. The summed E-state index contributed by atoms with van der Waals surface area (Å²) in [6, 6.07) is 7.33. The van der Waals surface area contributed by atoms with Crippen LogP contribution in [0.3, 0.4) is 0 Å². The van der Waals surface area contributed by atoms with Crippen LogP contribution in [0, 0.1) is 5.92 Å². The molecule has 0 radical (unpaired) electrons. The summed E-state index contributed by atoms with van der Waals surface area (Å²) >= 11 is 0. The molecule has 1 aliphatic carbocycles. The Kier molecular flexibility index (Phi) is 4.37. The number of carbonyl (C=O) groups excluding carboxylic acids is 1. The van der Waals surface area contributed by atoms with Gasteiger partial charge in [0.1, 0.15) is 5.75 Å². The average molecular weight is 247 g/mol. The molecule has 18 heavy (non-hydrogen) atoms. The van der Waals surface area contributed by atoms with Crippen LogP contribution in [-0.2, 0) is 0 Å². The number of ketones is 1. The van der Waals surface area contributed by atoms with Crippen LogP contribution >= 0.6 is 0 Å². The van der Waals surface area contributed by atoms with Gasteiger partial charge >= 0.3 is 0 Å². The minimum atomic E-state index is 0.180. The summed E-state index contributed by atoms with van der Waals surface area (Å²) in [7, 11) is 3.66. The van der Waals surface area contributed by atoms with E-state index < -0.39 is 0 Å². The maximum absolute atomic E-state index is 12.1. The number of methoxy groups -OCH3 is 1. The van der Waals surface area contributed by atoms with Crippen LogP contribution in [-0.4, -0.2) is 37.9 Å². The molecule has 3 nitrogen and oxygen atoms in total. The van der Waals surface area contributed by atoms with Gasteiger partial charge in [-0.1, -0.05) is 6.42 Å². The minimum absolute atomic E-state index is 0.180. The van der Waals surface area contributed by atoms with Gasteiger partial charge in [0, 0.05) is 12.1 Å². The lowest BCUT2D eigenvalue weighted by Gasteiger charge is -2.29. The average Bonchev–Trinajstić information content (AvgIpc) is 2.34. The summed E-state index contributed by atoms with van der Waals surface area (Å²) in [6.07, 6.45) is 3.99. The number of carbonyl (C=O) groups is 1. The van der Waals surface area contributed by atoms with Gasteiger partial charge in [-0.2, -0.15) is 0 Å². The quantitative estimate of drug-likeness (QED) is 0.724. The highest BCUT2D eigenvalue weighted by Crippen LogP contribution is 2.26. The third kappa shape index (κ3) is 3.33. The van der Waals surface area contributed by atoms with Gasteiger partial charge in [-0.25, -0.2) is 0 Å². The molecule has 0 aliphatic heterocycles. The third-order valence-electron chi connectivity index (χ3n) is 3.62. The van der Waals surface area contributed by atoms with Crippen molar-refractivity contribution in [1.82, 2.24) is 4.90 Å². The van der Waals surface area contributed by atoms with Crippen LogP contribution in [0.2, 0.25) is 0 Å².